The van der Waals surface area contributed by atoms with Crippen LogP contribution in [0.4, 0.5) is 0 Å². The topological polar surface area (TPSA) is 231 Å². The van der Waals surface area contributed by atoms with Crippen LogP contribution in [0.1, 0.15) is 271 Å². The fraction of sp³-hybridized carbons (Fsp3) is 0.851. The number of aliphatic hydroxyl groups excluding tert-OH is 7. The van der Waals surface area contributed by atoms with Crippen LogP contribution in [-0.4, -0.2) is 142 Å². The summed E-state index contributed by atoms with van der Waals surface area (Å²) < 4.78 is 33.8. The van der Waals surface area contributed by atoms with Crippen molar-refractivity contribution in [2.45, 2.75) is 338 Å². The molecule has 2 rings (SSSR count). The number of rotatable bonds is 54. The number of esters is 2. The molecule has 2 fully saturated rings. The lowest BCUT2D eigenvalue weighted by atomic mass is 9.98. The van der Waals surface area contributed by atoms with Crippen LogP contribution in [-0.2, 0) is 38.0 Å². The lowest BCUT2D eigenvalue weighted by molar-refractivity contribution is -0.332. The number of aliphatic hydroxyl groups is 7. The molecule has 2 heterocycles. The molecule has 11 unspecified atom stereocenters. The van der Waals surface area contributed by atoms with Crippen molar-refractivity contribution in [3.63, 3.8) is 0 Å². The Labute approximate surface area is 497 Å². The number of hydrogen-bond donors (Lipinski definition) is 7. The normalized spacial score (nSPS) is 23.7. The van der Waals surface area contributed by atoms with Crippen LogP contribution in [0.2, 0.25) is 0 Å². The molecule has 15 nitrogen and oxygen atoms in total. The van der Waals surface area contributed by atoms with Crippen molar-refractivity contribution in [1.82, 2.24) is 0 Å². The van der Waals surface area contributed by atoms with E-state index in [1.165, 1.54) is 154 Å². The van der Waals surface area contributed by atoms with Gasteiger partial charge >= 0.3 is 11.9 Å². The summed E-state index contributed by atoms with van der Waals surface area (Å²) in [5.74, 6) is -0.916. The summed E-state index contributed by atoms with van der Waals surface area (Å²) in [6.07, 6.45) is 47.0. The first kappa shape index (κ1) is 75.6. The van der Waals surface area contributed by atoms with Crippen LogP contribution in [0.5, 0.6) is 0 Å². The zero-order chi connectivity index (χ0) is 59.5. The maximum atomic E-state index is 13.1. The molecule has 2 aliphatic heterocycles. The molecule has 0 saturated carbocycles. The summed E-state index contributed by atoms with van der Waals surface area (Å²) in [6, 6.07) is 0. The van der Waals surface area contributed by atoms with Gasteiger partial charge in [-0.1, -0.05) is 255 Å². The molecule has 2 saturated heterocycles. The third-order valence-corrected chi connectivity index (χ3v) is 15.8. The lowest BCUT2D eigenvalue weighted by Crippen LogP contribution is -2.61. The highest BCUT2D eigenvalue weighted by Gasteiger charge is 2.47. The SMILES string of the molecule is CC/C=C\C/C=C\C/C=C\C/C=C\CCCCCCCCCCCCC(=O)OC(COC(=O)CCCCCCCCCCCCCCCCCCCCCCCCC)COC1OC(COC2OC(CO)C(O)C(O)C2O)C(O)C(O)C1O. The first-order valence-corrected chi connectivity index (χ1v) is 33.2. The molecule has 0 spiro atoms. The Hall–Kier alpha value is -2.54. The van der Waals surface area contributed by atoms with Gasteiger partial charge in [0, 0.05) is 12.8 Å². The van der Waals surface area contributed by atoms with Gasteiger partial charge in [-0.15, -0.1) is 0 Å². The molecular formula is C67H120O15. The second-order valence-electron chi connectivity index (χ2n) is 23.3. The first-order valence-electron chi connectivity index (χ1n) is 33.2. The third-order valence-electron chi connectivity index (χ3n) is 15.8. The molecule has 2 aliphatic rings. The molecule has 0 aromatic rings. The fourth-order valence-corrected chi connectivity index (χ4v) is 10.5. The van der Waals surface area contributed by atoms with Gasteiger partial charge in [0.1, 0.15) is 55.4 Å². The molecule has 0 bridgehead atoms. The highest BCUT2D eigenvalue weighted by Crippen LogP contribution is 2.27. The number of unbranched alkanes of at least 4 members (excludes halogenated alkanes) is 32. The van der Waals surface area contributed by atoms with Crippen LogP contribution >= 0.6 is 0 Å². The quantitative estimate of drug-likeness (QED) is 0.0171. The highest BCUT2D eigenvalue weighted by molar-refractivity contribution is 5.70. The van der Waals surface area contributed by atoms with Crippen molar-refractivity contribution >= 4 is 11.9 Å². The van der Waals surface area contributed by atoms with Gasteiger partial charge in [0.05, 0.1) is 19.8 Å². The smallest absolute Gasteiger partial charge is 0.306 e. The maximum Gasteiger partial charge on any atom is 0.306 e. The molecule has 0 radical (unpaired) electrons. The monoisotopic (exact) mass is 1160 g/mol. The maximum absolute atomic E-state index is 13.1. The number of ether oxygens (including phenoxy) is 6. The van der Waals surface area contributed by atoms with E-state index in [1.807, 2.05) is 0 Å². The van der Waals surface area contributed by atoms with Gasteiger partial charge in [-0.25, -0.2) is 0 Å². The molecule has 82 heavy (non-hydrogen) atoms. The van der Waals surface area contributed by atoms with Crippen LogP contribution < -0.4 is 0 Å². The standard InChI is InChI=1S/C67H120O15/c1-3-5-7-9-11-13-15-17-19-21-23-25-27-29-31-33-35-37-39-41-43-45-47-49-58(69)77-52-55(53-78-66-65(76)63(74)61(72)57(82-66)54-79-67-64(75)62(73)60(71)56(51-68)81-67)80-59(70)50-48-46-44-42-40-38-36-34-32-30-28-26-24-22-20-18-16-14-12-10-8-6-4-2/h6,8,12,14,18,20,24,26,55-57,60-68,71-76H,3-5,7,9-11,13,15-17,19,21-23,25,27-54H2,1-2H3/b8-6-,14-12-,20-18-,26-24-. The van der Waals surface area contributed by atoms with E-state index in [-0.39, 0.29) is 26.1 Å². The number of hydrogen-bond acceptors (Lipinski definition) is 15. The van der Waals surface area contributed by atoms with Gasteiger partial charge < -0.3 is 64.2 Å². The Bertz CT molecular complexity index is 1600. The van der Waals surface area contributed by atoms with Gasteiger partial charge in [0.25, 0.3) is 0 Å². The minimum Gasteiger partial charge on any atom is -0.462 e. The molecule has 0 amide bonds. The molecule has 11 atom stereocenters. The zero-order valence-electron chi connectivity index (χ0n) is 51.5. The van der Waals surface area contributed by atoms with E-state index in [9.17, 15) is 45.3 Å². The van der Waals surface area contributed by atoms with E-state index in [0.29, 0.717) is 12.8 Å². The van der Waals surface area contributed by atoms with Gasteiger partial charge in [-0.2, -0.15) is 0 Å². The minimum atomic E-state index is -1.77. The Morgan fingerprint density at radius 1 is 0.402 bits per heavy atom. The average Bonchev–Trinajstić information content (AvgIpc) is 3.68. The zero-order valence-corrected chi connectivity index (χ0v) is 51.5. The van der Waals surface area contributed by atoms with E-state index in [4.69, 9.17) is 28.4 Å². The summed E-state index contributed by atoms with van der Waals surface area (Å²) in [6.45, 7) is 2.54. The van der Waals surface area contributed by atoms with Crippen molar-refractivity contribution in [2.75, 3.05) is 26.4 Å². The van der Waals surface area contributed by atoms with E-state index >= 15 is 0 Å². The van der Waals surface area contributed by atoms with Crippen LogP contribution in [0, 0.1) is 0 Å². The van der Waals surface area contributed by atoms with Crippen LogP contribution in [0.15, 0.2) is 48.6 Å². The number of allylic oxidation sites excluding steroid dienone is 8. The Morgan fingerprint density at radius 2 is 0.768 bits per heavy atom. The van der Waals surface area contributed by atoms with Crippen LogP contribution in [0.25, 0.3) is 0 Å². The number of carbonyl (C=O) groups is 2. The molecule has 0 aliphatic carbocycles. The van der Waals surface area contributed by atoms with Crippen molar-refractivity contribution in [3.05, 3.63) is 48.6 Å². The second-order valence-corrected chi connectivity index (χ2v) is 23.3. The lowest BCUT2D eigenvalue weighted by Gasteiger charge is -2.42. The van der Waals surface area contributed by atoms with E-state index in [0.717, 1.165) is 77.0 Å². The molecule has 7 N–H and O–H groups in total. The van der Waals surface area contributed by atoms with Gasteiger partial charge in [0.15, 0.2) is 18.7 Å². The Balaban J connectivity index is 1.69. The summed E-state index contributed by atoms with van der Waals surface area (Å²) in [7, 11) is 0. The first-order chi connectivity index (χ1) is 40.0. The average molecular weight is 1170 g/mol. The fourth-order valence-electron chi connectivity index (χ4n) is 10.5. The van der Waals surface area contributed by atoms with E-state index in [2.05, 4.69) is 62.5 Å². The second kappa shape index (κ2) is 52.8. The molecule has 0 aromatic carbocycles. The molecule has 15 heteroatoms. The predicted molar refractivity (Wildman–Crippen MR) is 326 cm³/mol. The molecular weight excluding hydrogens is 1040 g/mol. The van der Waals surface area contributed by atoms with E-state index < -0.39 is 92.7 Å². The van der Waals surface area contributed by atoms with Gasteiger partial charge in [-0.3, -0.25) is 9.59 Å². The van der Waals surface area contributed by atoms with Crippen molar-refractivity contribution < 1.29 is 73.8 Å². The summed E-state index contributed by atoms with van der Waals surface area (Å²) >= 11 is 0. The Kier molecular flexibility index (Phi) is 48.6. The highest BCUT2D eigenvalue weighted by atomic mass is 16.7. The van der Waals surface area contributed by atoms with Crippen molar-refractivity contribution in [1.29, 1.82) is 0 Å². The van der Waals surface area contributed by atoms with Gasteiger partial charge in [0.2, 0.25) is 0 Å². The third kappa shape index (κ3) is 38.5. The summed E-state index contributed by atoms with van der Waals surface area (Å²) in [5, 5.41) is 72.5. The Morgan fingerprint density at radius 3 is 1.21 bits per heavy atom. The van der Waals surface area contributed by atoms with E-state index in [1.54, 1.807) is 0 Å². The largest absolute Gasteiger partial charge is 0.462 e. The van der Waals surface area contributed by atoms with Crippen LogP contribution in [0.3, 0.4) is 0 Å². The number of carbonyl (C=O) groups excluding carboxylic acids is 2. The summed E-state index contributed by atoms with van der Waals surface area (Å²) in [5.41, 5.74) is 0. The van der Waals surface area contributed by atoms with Gasteiger partial charge in [-0.05, 0) is 51.4 Å². The molecule has 0 aromatic heterocycles. The molecule has 478 valence electrons. The predicted octanol–water partition coefficient (Wildman–Crippen LogP) is 13.0. The van der Waals surface area contributed by atoms with Crippen molar-refractivity contribution in [2.24, 2.45) is 0 Å². The van der Waals surface area contributed by atoms with Crippen molar-refractivity contribution in [3.8, 4) is 0 Å². The minimum absolute atomic E-state index is 0.161. The summed E-state index contributed by atoms with van der Waals surface area (Å²) in [4.78, 5) is 26.0.